The first-order valence-electron chi connectivity index (χ1n) is 3.91. The van der Waals surface area contributed by atoms with Gasteiger partial charge in [0.1, 0.15) is 5.54 Å². The van der Waals surface area contributed by atoms with E-state index in [-0.39, 0.29) is 12.1 Å². The van der Waals surface area contributed by atoms with E-state index in [0.717, 1.165) is 6.42 Å². The fourth-order valence-electron chi connectivity index (χ4n) is 1.49. The van der Waals surface area contributed by atoms with E-state index in [4.69, 9.17) is 0 Å². The second-order valence-electron chi connectivity index (χ2n) is 3.25. The van der Waals surface area contributed by atoms with Crippen molar-refractivity contribution < 1.29 is 13.4 Å². The van der Waals surface area contributed by atoms with Gasteiger partial charge in [-0.05, 0) is 26.2 Å². The van der Waals surface area contributed by atoms with Crippen LogP contribution in [0.1, 0.15) is 32.6 Å². The molecule has 12 heavy (non-hydrogen) atoms. The first kappa shape index (κ1) is 9.51. The van der Waals surface area contributed by atoms with Gasteiger partial charge in [0.15, 0.2) is 0 Å². The van der Waals surface area contributed by atoms with E-state index in [9.17, 15) is 13.4 Å². The van der Waals surface area contributed by atoms with Crippen molar-refractivity contribution in [3.8, 4) is 0 Å². The molecule has 70 valence electrons. The van der Waals surface area contributed by atoms with Gasteiger partial charge in [0.05, 0.1) is 5.71 Å². The standard InChI is InChI=1S/C7H11F3N2/c1-7(12(9)10)5-3-2-4-6(7)11-8/h2-5H2,1H3. The molecular weight excluding hydrogens is 169 g/mol. The molecule has 0 aromatic heterocycles. The van der Waals surface area contributed by atoms with Crippen molar-refractivity contribution in [3.63, 3.8) is 0 Å². The molecule has 1 fully saturated rings. The molecule has 0 aliphatic heterocycles. The maximum Gasteiger partial charge on any atom is 0.122 e. The van der Waals surface area contributed by atoms with Gasteiger partial charge in [0, 0.05) is 5.34 Å². The van der Waals surface area contributed by atoms with Gasteiger partial charge in [-0.1, -0.05) is 16.1 Å². The summed E-state index contributed by atoms with van der Waals surface area (Å²) in [4.78, 5) is 0. The van der Waals surface area contributed by atoms with Crippen LogP contribution in [0.5, 0.6) is 0 Å². The number of hydrogen-bond donors (Lipinski definition) is 0. The Bertz CT molecular complexity index is 193. The van der Waals surface area contributed by atoms with Crippen molar-refractivity contribution in [1.29, 1.82) is 0 Å². The first-order chi connectivity index (χ1) is 5.61. The quantitative estimate of drug-likeness (QED) is 0.566. The van der Waals surface area contributed by atoms with Gasteiger partial charge in [-0.2, -0.15) is 0 Å². The minimum Gasteiger partial charge on any atom is -0.101 e. The summed E-state index contributed by atoms with van der Waals surface area (Å²) < 4.78 is 36.6. The molecule has 0 saturated heterocycles. The highest BCUT2D eigenvalue weighted by atomic mass is 19.4. The van der Waals surface area contributed by atoms with Gasteiger partial charge in [0.25, 0.3) is 0 Å². The average molecular weight is 180 g/mol. The van der Waals surface area contributed by atoms with Gasteiger partial charge in [-0.15, -0.1) is 8.96 Å². The summed E-state index contributed by atoms with van der Waals surface area (Å²) in [6.07, 6.45) is 2.03. The Balaban J connectivity index is 2.83. The van der Waals surface area contributed by atoms with E-state index in [2.05, 4.69) is 5.21 Å². The van der Waals surface area contributed by atoms with Crippen molar-refractivity contribution >= 4 is 5.71 Å². The topological polar surface area (TPSA) is 15.6 Å². The fourth-order valence-corrected chi connectivity index (χ4v) is 1.49. The Morgan fingerprint density at radius 3 is 2.50 bits per heavy atom. The Kier molecular flexibility index (Phi) is 2.72. The van der Waals surface area contributed by atoms with Gasteiger partial charge >= 0.3 is 0 Å². The Morgan fingerprint density at radius 1 is 1.42 bits per heavy atom. The van der Waals surface area contributed by atoms with E-state index in [1.165, 1.54) is 6.92 Å². The van der Waals surface area contributed by atoms with Gasteiger partial charge in [0.2, 0.25) is 0 Å². The Hall–Kier alpha value is -0.580. The van der Waals surface area contributed by atoms with Crippen LogP contribution in [0, 0.1) is 0 Å². The molecule has 1 rings (SSSR count). The Labute approximate surface area is 68.9 Å². The van der Waals surface area contributed by atoms with E-state index < -0.39 is 10.9 Å². The monoisotopic (exact) mass is 180 g/mol. The van der Waals surface area contributed by atoms with E-state index in [0.29, 0.717) is 12.8 Å². The van der Waals surface area contributed by atoms with Crippen molar-refractivity contribution in [2.75, 3.05) is 0 Å². The lowest BCUT2D eigenvalue weighted by molar-refractivity contribution is -0.207. The minimum atomic E-state index is -1.48. The van der Waals surface area contributed by atoms with Crippen LogP contribution in [0.25, 0.3) is 0 Å². The lowest BCUT2D eigenvalue weighted by Gasteiger charge is -2.33. The molecule has 0 radical (unpaired) electrons. The summed E-state index contributed by atoms with van der Waals surface area (Å²) in [5.74, 6) is 0. The molecule has 1 atom stereocenters. The maximum atomic E-state index is 12.3. The molecule has 0 aromatic rings. The summed E-state index contributed by atoms with van der Waals surface area (Å²) in [6, 6.07) is 0. The van der Waals surface area contributed by atoms with E-state index >= 15 is 0 Å². The van der Waals surface area contributed by atoms with Gasteiger partial charge in [-0.25, -0.2) is 0 Å². The molecule has 1 aliphatic carbocycles. The van der Waals surface area contributed by atoms with Crippen LogP contribution < -0.4 is 0 Å². The zero-order valence-electron chi connectivity index (χ0n) is 6.86. The SMILES string of the molecule is CC1(N(F)F)CCCCC1=NF. The molecule has 2 nitrogen and oxygen atoms in total. The smallest absolute Gasteiger partial charge is 0.101 e. The van der Waals surface area contributed by atoms with Crippen molar-refractivity contribution in [1.82, 2.24) is 5.34 Å². The van der Waals surface area contributed by atoms with Crippen molar-refractivity contribution in [2.24, 2.45) is 5.21 Å². The number of nitrogens with zero attached hydrogens (tertiary/aromatic N) is 2. The third-order valence-electron chi connectivity index (χ3n) is 2.42. The second-order valence-corrected chi connectivity index (χ2v) is 3.25. The Morgan fingerprint density at radius 2 is 2.08 bits per heavy atom. The molecule has 0 spiro atoms. The summed E-state index contributed by atoms with van der Waals surface area (Å²) in [6.45, 7) is 1.31. The maximum absolute atomic E-state index is 12.3. The second kappa shape index (κ2) is 3.43. The third-order valence-corrected chi connectivity index (χ3v) is 2.42. The van der Waals surface area contributed by atoms with E-state index in [1.54, 1.807) is 0 Å². The molecule has 0 N–H and O–H groups in total. The molecular formula is C7H11F3N2. The molecule has 0 heterocycles. The summed E-state index contributed by atoms with van der Waals surface area (Å²) in [5, 5.41) is 1.48. The molecule has 1 aliphatic rings. The van der Waals surface area contributed by atoms with Crippen LogP contribution in [0.2, 0.25) is 0 Å². The molecule has 0 aromatic carbocycles. The predicted molar refractivity (Wildman–Crippen MR) is 39.5 cm³/mol. The van der Waals surface area contributed by atoms with Crippen LogP contribution >= 0.6 is 0 Å². The minimum absolute atomic E-state index is 0.0428. The first-order valence-corrected chi connectivity index (χ1v) is 3.91. The van der Waals surface area contributed by atoms with Crippen LogP contribution in [0.15, 0.2) is 5.21 Å². The number of rotatable bonds is 1. The summed E-state index contributed by atoms with van der Waals surface area (Å²) >= 11 is 0. The van der Waals surface area contributed by atoms with Crippen LogP contribution in [0.4, 0.5) is 13.4 Å². The molecule has 1 unspecified atom stereocenters. The summed E-state index contributed by atoms with van der Waals surface area (Å²) in [7, 11) is 0. The average Bonchev–Trinajstić information content (AvgIpc) is 2.05. The lowest BCUT2D eigenvalue weighted by Crippen LogP contribution is -2.46. The number of hydrogen-bond acceptors (Lipinski definition) is 2. The van der Waals surface area contributed by atoms with Crippen molar-refractivity contribution in [3.05, 3.63) is 0 Å². The third kappa shape index (κ3) is 1.46. The van der Waals surface area contributed by atoms with Crippen LogP contribution in [-0.4, -0.2) is 16.6 Å². The van der Waals surface area contributed by atoms with E-state index in [1.807, 2.05) is 0 Å². The predicted octanol–water partition coefficient (Wildman–Crippen LogP) is 2.72. The zero-order chi connectivity index (χ0) is 9.19. The highest BCUT2D eigenvalue weighted by Crippen LogP contribution is 2.32. The summed E-state index contributed by atoms with van der Waals surface area (Å²) in [5.41, 5.74) is -1.52. The van der Waals surface area contributed by atoms with Gasteiger partial charge < -0.3 is 0 Å². The highest BCUT2D eigenvalue weighted by molar-refractivity contribution is 5.93. The highest BCUT2D eigenvalue weighted by Gasteiger charge is 2.41. The molecule has 0 amide bonds. The molecule has 1 saturated carbocycles. The molecule has 0 bridgehead atoms. The van der Waals surface area contributed by atoms with Crippen LogP contribution in [-0.2, 0) is 0 Å². The van der Waals surface area contributed by atoms with Gasteiger partial charge in [-0.3, -0.25) is 0 Å². The molecule has 5 heteroatoms. The largest absolute Gasteiger partial charge is 0.122 e. The lowest BCUT2D eigenvalue weighted by atomic mass is 9.82. The normalized spacial score (nSPS) is 34.6. The number of halogens is 3. The van der Waals surface area contributed by atoms with Crippen molar-refractivity contribution in [2.45, 2.75) is 38.1 Å². The zero-order valence-corrected chi connectivity index (χ0v) is 6.86. The van der Waals surface area contributed by atoms with Crippen LogP contribution in [0.3, 0.4) is 0 Å². The fraction of sp³-hybridized carbons (Fsp3) is 0.857.